The molecule has 3 heteroatoms. The van der Waals surface area contributed by atoms with Crippen LogP contribution in [0.15, 0.2) is 40.9 Å². The molecule has 0 saturated heterocycles. The largest absolute Gasteiger partial charge is 0.338 e. The molecule has 0 radical (unpaired) electrons. The number of halogens is 1. The van der Waals surface area contributed by atoms with Crippen LogP contribution in [0.25, 0.3) is 22.4 Å². The average molecular weight is 301 g/mol. The Balaban J connectivity index is 2.26. The summed E-state index contributed by atoms with van der Waals surface area (Å²) in [6.07, 6.45) is 0. The highest BCUT2D eigenvalue weighted by Gasteiger charge is 2.09. The molecule has 0 fully saturated rings. The van der Waals surface area contributed by atoms with Gasteiger partial charge in [-0.3, -0.25) is 0 Å². The molecule has 1 N–H and O–H groups in total. The number of fused-ring (bicyclic) bond motifs is 1. The highest BCUT2D eigenvalue weighted by molar-refractivity contribution is 9.10. The van der Waals surface area contributed by atoms with Crippen molar-refractivity contribution in [3.05, 3.63) is 52.0 Å². The van der Waals surface area contributed by atoms with E-state index in [1.165, 1.54) is 11.1 Å². The predicted octanol–water partition coefficient (Wildman–Crippen LogP) is 4.61. The molecular formula is C15H13BrN2. The van der Waals surface area contributed by atoms with E-state index in [0.29, 0.717) is 0 Å². The van der Waals surface area contributed by atoms with Crippen LogP contribution in [0.3, 0.4) is 0 Å². The van der Waals surface area contributed by atoms with E-state index in [4.69, 9.17) is 4.98 Å². The molecule has 0 amide bonds. The highest BCUT2D eigenvalue weighted by atomic mass is 79.9. The molecule has 3 rings (SSSR count). The van der Waals surface area contributed by atoms with Crippen molar-refractivity contribution >= 4 is 27.0 Å². The van der Waals surface area contributed by atoms with Gasteiger partial charge in [-0.25, -0.2) is 4.98 Å². The third kappa shape index (κ3) is 1.85. The lowest BCUT2D eigenvalue weighted by molar-refractivity contribution is 1.30. The van der Waals surface area contributed by atoms with E-state index in [0.717, 1.165) is 26.9 Å². The van der Waals surface area contributed by atoms with Gasteiger partial charge in [-0.15, -0.1) is 0 Å². The van der Waals surface area contributed by atoms with Crippen LogP contribution in [-0.2, 0) is 0 Å². The minimum atomic E-state index is 0.929. The number of nitrogens with one attached hydrogen (secondary N) is 1. The number of aryl methyl sites for hydroxylation is 2. The summed E-state index contributed by atoms with van der Waals surface area (Å²) in [7, 11) is 0. The standard InChI is InChI=1S/C15H13BrN2/c1-9-6-7-11(16)8-12(9)15-17-13-5-3-4-10(2)14(13)18-15/h3-8H,1-2H3,(H,17,18). The van der Waals surface area contributed by atoms with E-state index in [9.17, 15) is 0 Å². The zero-order valence-corrected chi connectivity index (χ0v) is 11.9. The number of hydrogen-bond acceptors (Lipinski definition) is 1. The SMILES string of the molecule is Cc1ccc(Br)cc1-c1nc2c(C)cccc2[nH]1. The van der Waals surface area contributed by atoms with Crippen LogP contribution in [0.5, 0.6) is 0 Å². The summed E-state index contributed by atoms with van der Waals surface area (Å²) in [6.45, 7) is 4.18. The van der Waals surface area contributed by atoms with Crippen molar-refractivity contribution in [1.29, 1.82) is 0 Å². The number of para-hydroxylation sites is 1. The van der Waals surface area contributed by atoms with E-state index >= 15 is 0 Å². The van der Waals surface area contributed by atoms with Gasteiger partial charge in [-0.2, -0.15) is 0 Å². The molecule has 1 heterocycles. The van der Waals surface area contributed by atoms with Gasteiger partial charge in [0.1, 0.15) is 5.82 Å². The summed E-state index contributed by atoms with van der Waals surface area (Å²) in [5, 5.41) is 0. The van der Waals surface area contributed by atoms with Gasteiger partial charge in [-0.05, 0) is 43.2 Å². The minimum Gasteiger partial charge on any atom is -0.338 e. The first-order valence-corrected chi connectivity index (χ1v) is 6.66. The number of hydrogen-bond donors (Lipinski definition) is 1. The first kappa shape index (κ1) is 11.5. The molecule has 0 atom stereocenters. The van der Waals surface area contributed by atoms with Gasteiger partial charge in [0.15, 0.2) is 0 Å². The fraction of sp³-hybridized carbons (Fsp3) is 0.133. The molecule has 0 aliphatic carbocycles. The van der Waals surface area contributed by atoms with Gasteiger partial charge < -0.3 is 4.98 Å². The lowest BCUT2D eigenvalue weighted by Gasteiger charge is -2.02. The van der Waals surface area contributed by atoms with E-state index in [1.807, 2.05) is 12.1 Å². The summed E-state index contributed by atoms with van der Waals surface area (Å²) in [5.74, 6) is 0.929. The van der Waals surface area contributed by atoms with Crippen molar-refractivity contribution in [1.82, 2.24) is 9.97 Å². The van der Waals surface area contributed by atoms with Crippen LogP contribution in [0.1, 0.15) is 11.1 Å². The van der Waals surface area contributed by atoms with Crippen molar-refractivity contribution in [3.63, 3.8) is 0 Å². The summed E-state index contributed by atoms with van der Waals surface area (Å²) in [5.41, 5.74) is 5.69. The second-order valence-corrected chi connectivity index (χ2v) is 5.43. The Kier molecular flexibility index (Phi) is 2.71. The smallest absolute Gasteiger partial charge is 0.138 e. The van der Waals surface area contributed by atoms with Crippen LogP contribution in [-0.4, -0.2) is 9.97 Å². The summed E-state index contributed by atoms with van der Waals surface area (Å²) >= 11 is 3.51. The van der Waals surface area contributed by atoms with Crippen LogP contribution >= 0.6 is 15.9 Å². The van der Waals surface area contributed by atoms with E-state index in [1.54, 1.807) is 0 Å². The first-order chi connectivity index (χ1) is 8.65. The normalized spacial score (nSPS) is 11.1. The van der Waals surface area contributed by atoms with E-state index < -0.39 is 0 Å². The maximum atomic E-state index is 4.71. The molecule has 0 unspecified atom stereocenters. The molecular weight excluding hydrogens is 288 g/mol. The van der Waals surface area contributed by atoms with Gasteiger partial charge in [0, 0.05) is 10.0 Å². The van der Waals surface area contributed by atoms with Crippen LogP contribution in [0.2, 0.25) is 0 Å². The second-order valence-electron chi connectivity index (χ2n) is 4.52. The van der Waals surface area contributed by atoms with Gasteiger partial charge in [0.05, 0.1) is 11.0 Å². The zero-order chi connectivity index (χ0) is 12.7. The molecule has 0 spiro atoms. The summed E-state index contributed by atoms with van der Waals surface area (Å²) in [6, 6.07) is 12.4. The summed E-state index contributed by atoms with van der Waals surface area (Å²) < 4.78 is 1.07. The van der Waals surface area contributed by atoms with Crippen LogP contribution in [0, 0.1) is 13.8 Å². The molecule has 1 aromatic heterocycles. The van der Waals surface area contributed by atoms with Gasteiger partial charge >= 0.3 is 0 Å². The van der Waals surface area contributed by atoms with Crippen molar-refractivity contribution < 1.29 is 0 Å². The van der Waals surface area contributed by atoms with Crippen molar-refractivity contribution in [2.45, 2.75) is 13.8 Å². The molecule has 0 aliphatic rings. The number of imidazole rings is 1. The molecule has 0 saturated carbocycles. The quantitative estimate of drug-likeness (QED) is 0.698. The number of benzene rings is 2. The van der Waals surface area contributed by atoms with Gasteiger partial charge in [-0.1, -0.05) is 34.1 Å². The monoisotopic (exact) mass is 300 g/mol. The number of nitrogens with zero attached hydrogens (tertiary/aromatic N) is 1. The lowest BCUT2D eigenvalue weighted by Crippen LogP contribution is -1.85. The molecule has 0 aliphatic heterocycles. The maximum absolute atomic E-state index is 4.71. The topological polar surface area (TPSA) is 28.7 Å². The molecule has 0 bridgehead atoms. The van der Waals surface area contributed by atoms with Gasteiger partial charge in [0.25, 0.3) is 0 Å². The Morgan fingerprint density at radius 2 is 1.89 bits per heavy atom. The Morgan fingerprint density at radius 1 is 1.06 bits per heavy atom. The minimum absolute atomic E-state index is 0.929. The Labute approximate surface area is 114 Å². The predicted molar refractivity (Wildman–Crippen MR) is 78.7 cm³/mol. The Bertz CT molecular complexity index is 728. The van der Waals surface area contributed by atoms with Crippen LogP contribution in [0.4, 0.5) is 0 Å². The van der Waals surface area contributed by atoms with Crippen molar-refractivity contribution in [3.8, 4) is 11.4 Å². The Morgan fingerprint density at radius 3 is 2.67 bits per heavy atom. The average Bonchev–Trinajstić information content (AvgIpc) is 2.77. The molecule has 90 valence electrons. The summed E-state index contributed by atoms with van der Waals surface area (Å²) in [4.78, 5) is 8.10. The number of aromatic nitrogens is 2. The van der Waals surface area contributed by atoms with Gasteiger partial charge in [0.2, 0.25) is 0 Å². The third-order valence-corrected chi connectivity index (χ3v) is 3.66. The Hall–Kier alpha value is -1.61. The fourth-order valence-electron chi connectivity index (χ4n) is 2.15. The van der Waals surface area contributed by atoms with Crippen molar-refractivity contribution in [2.24, 2.45) is 0 Å². The van der Waals surface area contributed by atoms with E-state index in [2.05, 4.69) is 59.0 Å². The van der Waals surface area contributed by atoms with Crippen LogP contribution < -0.4 is 0 Å². The number of aromatic amines is 1. The molecule has 2 aromatic carbocycles. The third-order valence-electron chi connectivity index (χ3n) is 3.17. The number of H-pyrrole nitrogens is 1. The number of rotatable bonds is 1. The van der Waals surface area contributed by atoms with E-state index in [-0.39, 0.29) is 0 Å². The second kappa shape index (κ2) is 4.25. The van der Waals surface area contributed by atoms with Crippen molar-refractivity contribution in [2.75, 3.05) is 0 Å². The fourth-order valence-corrected chi connectivity index (χ4v) is 2.51. The molecule has 18 heavy (non-hydrogen) atoms. The molecule has 2 nitrogen and oxygen atoms in total. The maximum Gasteiger partial charge on any atom is 0.138 e. The first-order valence-electron chi connectivity index (χ1n) is 5.87. The molecule has 3 aromatic rings. The zero-order valence-electron chi connectivity index (χ0n) is 10.3. The lowest BCUT2D eigenvalue weighted by atomic mass is 10.1. The highest BCUT2D eigenvalue weighted by Crippen LogP contribution is 2.27.